The van der Waals surface area contributed by atoms with Gasteiger partial charge in [0.2, 0.25) is 11.9 Å². The van der Waals surface area contributed by atoms with Crippen LogP contribution in [-0.2, 0) is 16.1 Å². The number of halogens is 1. The summed E-state index contributed by atoms with van der Waals surface area (Å²) in [5, 5.41) is 13.5. The first-order chi connectivity index (χ1) is 17.1. The first kappa shape index (κ1) is 24.4. The summed E-state index contributed by atoms with van der Waals surface area (Å²) >= 11 is 0. The monoisotopic (exact) mass is 498 g/mol. The summed E-state index contributed by atoms with van der Waals surface area (Å²) in [5.41, 5.74) is -0.167. The van der Waals surface area contributed by atoms with Gasteiger partial charge < -0.3 is 20.1 Å². The van der Waals surface area contributed by atoms with Crippen molar-refractivity contribution in [3.8, 4) is 0 Å². The van der Waals surface area contributed by atoms with Crippen molar-refractivity contribution in [1.29, 1.82) is 0 Å². The van der Waals surface area contributed by atoms with Crippen molar-refractivity contribution in [1.82, 2.24) is 19.8 Å². The summed E-state index contributed by atoms with van der Waals surface area (Å²) in [6.45, 7) is 6.83. The minimum absolute atomic E-state index is 0.124. The number of carbonyl (C=O) groups excluding carboxylic acids is 2. The maximum absolute atomic E-state index is 15.1. The molecule has 0 aliphatic carbocycles. The molecule has 0 saturated carbocycles. The number of hydrogen-bond donors (Lipinski definition) is 2. The van der Waals surface area contributed by atoms with Gasteiger partial charge in [-0.05, 0) is 44.4 Å². The van der Waals surface area contributed by atoms with Crippen molar-refractivity contribution in [3.05, 3.63) is 47.4 Å². The lowest BCUT2D eigenvalue weighted by atomic mass is 10.0. The summed E-state index contributed by atoms with van der Waals surface area (Å²) < 4.78 is 20.0. The highest BCUT2D eigenvalue weighted by molar-refractivity contribution is 5.89. The van der Waals surface area contributed by atoms with Gasteiger partial charge in [-0.2, -0.15) is 4.98 Å². The van der Waals surface area contributed by atoms with E-state index in [2.05, 4.69) is 20.2 Å². The lowest BCUT2D eigenvalue weighted by Gasteiger charge is -2.40. The van der Waals surface area contributed by atoms with Crippen molar-refractivity contribution in [3.63, 3.8) is 0 Å². The first-order valence-electron chi connectivity index (χ1n) is 12.2. The molecule has 1 aromatic heterocycles. The van der Waals surface area contributed by atoms with Gasteiger partial charge in [-0.25, -0.2) is 19.1 Å². The Morgan fingerprint density at radius 3 is 2.64 bits per heavy atom. The SMILES string of the molecule is CC(=O)N1C2CCC1CN(Cc1ccc([C@H](C)Nc3nccc(N4C(=O)OC[C@]4(C)O)n3)cc1F)C2. The molecule has 4 atom stereocenters. The van der Waals surface area contributed by atoms with E-state index in [1.54, 1.807) is 13.0 Å². The number of hydrogen-bond acceptors (Lipinski definition) is 8. The summed E-state index contributed by atoms with van der Waals surface area (Å²) in [4.78, 5) is 37.8. The Balaban J connectivity index is 1.24. The predicted molar refractivity (Wildman–Crippen MR) is 130 cm³/mol. The summed E-state index contributed by atoms with van der Waals surface area (Å²) in [5.74, 6) is 0.277. The van der Waals surface area contributed by atoms with Crippen LogP contribution in [0.4, 0.5) is 21.0 Å². The molecular weight excluding hydrogens is 467 g/mol. The van der Waals surface area contributed by atoms with Crippen LogP contribution in [0.5, 0.6) is 0 Å². The minimum atomic E-state index is -1.51. The lowest BCUT2D eigenvalue weighted by Crippen LogP contribution is -2.54. The lowest BCUT2D eigenvalue weighted by molar-refractivity contribution is -0.134. The number of piperazine rings is 1. The van der Waals surface area contributed by atoms with E-state index in [0.717, 1.165) is 36.4 Å². The Hall–Kier alpha value is -3.31. The summed E-state index contributed by atoms with van der Waals surface area (Å²) in [6.07, 6.45) is 2.80. The topological polar surface area (TPSA) is 111 Å². The number of nitrogens with zero attached hydrogens (tertiary/aromatic N) is 5. The van der Waals surface area contributed by atoms with Gasteiger partial charge in [0.15, 0.2) is 5.72 Å². The van der Waals surface area contributed by atoms with Crippen molar-refractivity contribution >= 4 is 23.8 Å². The summed E-state index contributed by atoms with van der Waals surface area (Å²) in [7, 11) is 0. The molecule has 3 aliphatic heterocycles. The number of rotatable bonds is 6. The number of anilines is 2. The van der Waals surface area contributed by atoms with Gasteiger partial charge in [-0.3, -0.25) is 9.69 Å². The van der Waals surface area contributed by atoms with Crippen molar-refractivity contribution in [2.75, 3.05) is 29.9 Å². The Morgan fingerprint density at radius 2 is 2.03 bits per heavy atom. The van der Waals surface area contributed by atoms with Crippen molar-refractivity contribution in [2.45, 2.75) is 64.0 Å². The highest BCUT2D eigenvalue weighted by atomic mass is 19.1. The van der Waals surface area contributed by atoms with E-state index >= 15 is 4.39 Å². The van der Waals surface area contributed by atoms with Crippen LogP contribution >= 0.6 is 0 Å². The molecule has 192 valence electrons. The van der Waals surface area contributed by atoms with Crippen LogP contribution in [0.1, 0.15) is 50.8 Å². The van der Waals surface area contributed by atoms with E-state index in [4.69, 9.17) is 4.74 Å². The molecule has 3 aliphatic rings. The molecule has 2 aromatic rings. The third kappa shape index (κ3) is 4.60. The number of aromatic nitrogens is 2. The molecule has 2 bridgehead atoms. The molecule has 2 N–H and O–H groups in total. The van der Waals surface area contributed by atoms with Gasteiger partial charge in [0.05, 0.1) is 6.04 Å². The molecule has 3 fully saturated rings. The van der Waals surface area contributed by atoms with Crippen LogP contribution in [-0.4, -0.2) is 74.4 Å². The maximum atomic E-state index is 15.1. The quantitative estimate of drug-likeness (QED) is 0.626. The molecule has 36 heavy (non-hydrogen) atoms. The molecule has 0 radical (unpaired) electrons. The van der Waals surface area contributed by atoms with Crippen LogP contribution in [0.25, 0.3) is 0 Å². The number of likely N-dealkylation sites (tertiary alicyclic amines) is 1. The fourth-order valence-electron chi connectivity index (χ4n) is 5.52. The number of benzene rings is 1. The normalized spacial score (nSPS) is 26.8. The number of carbonyl (C=O) groups is 2. The van der Waals surface area contributed by atoms with E-state index in [-0.39, 0.29) is 48.2 Å². The minimum Gasteiger partial charge on any atom is -0.444 e. The third-order valence-corrected chi connectivity index (χ3v) is 7.24. The standard InChI is InChI=1S/C25H31FN6O4/c1-15(28-23-27-9-8-22(29-23)32-24(34)36-14-25(32,3)35)17-4-5-18(21(26)10-17)11-30-12-19-6-7-20(13-30)31(19)16(2)33/h4-5,8-10,15,19-20,35H,6-7,11-14H2,1-3H3,(H,27,28,29)/t15-,19?,20?,25-/m0/s1. The summed E-state index contributed by atoms with van der Waals surface area (Å²) in [6, 6.07) is 6.82. The van der Waals surface area contributed by atoms with Crippen LogP contribution in [0, 0.1) is 5.82 Å². The second kappa shape index (κ2) is 9.29. The number of ether oxygens (including phenoxy) is 1. The van der Waals surface area contributed by atoms with E-state index in [9.17, 15) is 14.7 Å². The fourth-order valence-corrected chi connectivity index (χ4v) is 5.52. The Bertz CT molecular complexity index is 1160. The Labute approximate surface area is 209 Å². The maximum Gasteiger partial charge on any atom is 0.418 e. The second-order valence-corrected chi connectivity index (χ2v) is 10.1. The zero-order valence-corrected chi connectivity index (χ0v) is 20.6. The van der Waals surface area contributed by atoms with Gasteiger partial charge >= 0.3 is 6.09 Å². The zero-order chi connectivity index (χ0) is 25.6. The smallest absolute Gasteiger partial charge is 0.418 e. The number of fused-ring (bicyclic) bond motifs is 2. The molecule has 11 heteroatoms. The molecular formula is C25H31FN6O4. The Morgan fingerprint density at radius 1 is 1.31 bits per heavy atom. The highest BCUT2D eigenvalue weighted by Gasteiger charge is 2.44. The van der Waals surface area contributed by atoms with Gasteiger partial charge in [0.1, 0.15) is 18.2 Å². The van der Waals surface area contributed by atoms with Crippen LogP contribution in [0.15, 0.2) is 30.5 Å². The third-order valence-electron chi connectivity index (χ3n) is 7.24. The van der Waals surface area contributed by atoms with Crippen LogP contribution < -0.4 is 10.2 Å². The largest absolute Gasteiger partial charge is 0.444 e. The second-order valence-electron chi connectivity index (χ2n) is 10.1. The van der Waals surface area contributed by atoms with Crippen LogP contribution in [0.3, 0.4) is 0 Å². The molecule has 4 heterocycles. The first-order valence-corrected chi connectivity index (χ1v) is 12.2. The molecule has 1 aromatic carbocycles. The average molecular weight is 499 g/mol. The van der Waals surface area contributed by atoms with E-state index < -0.39 is 11.8 Å². The number of amides is 2. The van der Waals surface area contributed by atoms with Crippen LogP contribution in [0.2, 0.25) is 0 Å². The number of cyclic esters (lactones) is 1. The van der Waals surface area contributed by atoms with E-state index in [1.165, 1.54) is 25.3 Å². The number of nitrogens with one attached hydrogen (secondary N) is 1. The van der Waals surface area contributed by atoms with Gasteiger partial charge in [-0.15, -0.1) is 0 Å². The molecule has 5 rings (SSSR count). The van der Waals surface area contributed by atoms with Gasteiger partial charge in [0, 0.05) is 50.4 Å². The molecule has 3 saturated heterocycles. The number of aliphatic hydroxyl groups is 1. The predicted octanol–water partition coefficient (Wildman–Crippen LogP) is 2.65. The van der Waals surface area contributed by atoms with Gasteiger partial charge in [0.25, 0.3) is 0 Å². The fraction of sp³-hybridized carbons (Fsp3) is 0.520. The van der Waals surface area contributed by atoms with E-state index in [1.807, 2.05) is 17.9 Å². The van der Waals surface area contributed by atoms with Crippen molar-refractivity contribution < 1.29 is 23.8 Å². The molecule has 2 unspecified atom stereocenters. The average Bonchev–Trinajstić information content (AvgIpc) is 3.26. The molecule has 10 nitrogen and oxygen atoms in total. The Kier molecular flexibility index (Phi) is 6.29. The van der Waals surface area contributed by atoms with Crippen molar-refractivity contribution in [2.24, 2.45) is 0 Å². The molecule has 2 amide bonds. The van der Waals surface area contributed by atoms with E-state index in [0.29, 0.717) is 12.1 Å². The zero-order valence-electron chi connectivity index (χ0n) is 20.6. The van der Waals surface area contributed by atoms with Gasteiger partial charge in [-0.1, -0.05) is 12.1 Å². The highest BCUT2D eigenvalue weighted by Crippen LogP contribution is 2.32. The molecule has 0 spiro atoms.